The fourth-order valence-electron chi connectivity index (χ4n) is 2.39. The van der Waals surface area contributed by atoms with Gasteiger partial charge >= 0.3 is 0 Å². The predicted octanol–water partition coefficient (Wildman–Crippen LogP) is 2.67. The van der Waals surface area contributed by atoms with Crippen molar-refractivity contribution in [2.75, 3.05) is 19.3 Å². The van der Waals surface area contributed by atoms with Crippen molar-refractivity contribution in [3.8, 4) is 0 Å². The summed E-state index contributed by atoms with van der Waals surface area (Å²) in [6, 6.07) is 9.31. The van der Waals surface area contributed by atoms with E-state index in [0.717, 1.165) is 10.7 Å². The molecule has 0 spiro atoms. The van der Waals surface area contributed by atoms with Crippen molar-refractivity contribution in [3.63, 3.8) is 0 Å². The van der Waals surface area contributed by atoms with Crippen molar-refractivity contribution >= 4 is 40.4 Å². The summed E-state index contributed by atoms with van der Waals surface area (Å²) in [6.45, 7) is 0.987. The summed E-state index contributed by atoms with van der Waals surface area (Å²) in [5, 5.41) is 8.35. The number of pyridine rings is 1. The van der Waals surface area contributed by atoms with Gasteiger partial charge in [0, 0.05) is 19.3 Å². The number of fused-ring (bicyclic) bond motifs is 1. The maximum absolute atomic E-state index is 12.4. The fourth-order valence-corrected chi connectivity index (χ4v) is 3.57. The molecule has 0 bridgehead atoms. The van der Waals surface area contributed by atoms with E-state index >= 15 is 0 Å². The second kappa shape index (κ2) is 8.17. The van der Waals surface area contributed by atoms with E-state index in [1.165, 1.54) is 23.1 Å². The molecule has 2 N–H and O–H groups in total. The van der Waals surface area contributed by atoms with Crippen molar-refractivity contribution in [3.05, 3.63) is 52.5 Å². The SMILES string of the molecule is CSc1nc(C(=O)NCCCNC(=O)c2cccs2)c2ccccn12. The Hall–Kier alpha value is -2.32. The van der Waals surface area contributed by atoms with Gasteiger partial charge in [0.15, 0.2) is 10.9 Å². The number of aromatic nitrogens is 2. The minimum Gasteiger partial charge on any atom is -0.351 e. The molecule has 0 radical (unpaired) electrons. The van der Waals surface area contributed by atoms with Crippen LogP contribution in [0.1, 0.15) is 26.6 Å². The van der Waals surface area contributed by atoms with Gasteiger partial charge in [0.05, 0.1) is 10.4 Å². The molecule has 0 aliphatic rings. The van der Waals surface area contributed by atoms with Crippen LogP contribution in [-0.4, -0.2) is 40.5 Å². The molecule has 0 unspecified atom stereocenters. The first kappa shape index (κ1) is 17.5. The van der Waals surface area contributed by atoms with E-state index in [9.17, 15) is 9.59 Å². The Morgan fingerprint density at radius 1 is 1.16 bits per heavy atom. The largest absolute Gasteiger partial charge is 0.351 e. The lowest BCUT2D eigenvalue weighted by molar-refractivity contribution is 0.0950. The van der Waals surface area contributed by atoms with Crippen LogP contribution in [0.4, 0.5) is 0 Å². The lowest BCUT2D eigenvalue weighted by atomic mass is 10.3. The number of hydrogen-bond acceptors (Lipinski definition) is 5. The summed E-state index contributed by atoms with van der Waals surface area (Å²) < 4.78 is 1.90. The van der Waals surface area contributed by atoms with E-state index in [4.69, 9.17) is 0 Å². The molecule has 2 amide bonds. The maximum Gasteiger partial charge on any atom is 0.272 e. The van der Waals surface area contributed by atoms with Gasteiger partial charge in [-0.25, -0.2) is 4.98 Å². The molecule has 25 heavy (non-hydrogen) atoms. The van der Waals surface area contributed by atoms with Gasteiger partial charge < -0.3 is 10.6 Å². The Labute approximate surface area is 153 Å². The molecule has 3 rings (SSSR count). The van der Waals surface area contributed by atoms with Crippen LogP contribution in [0.5, 0.6) is 0 Å². The van der Waals surface area contributed by atoms with Crippen LogP contribution >= 0.6 is 23.1 Å². The summed E-state index contributed by atoms with van der Waals surface area (Å²) >= 11 is 2.90. The third-order valence-corrected chi connectivity index (χ3v) is 5.11. The topological polar surface area (TPSA) is 75.5 Å². The number of thiophene rings is 1. The number of carbonyl (C=O) groups is 2. The number of amides is 2. The average molecular weight is 374 g/mol. The summed E-state index contributed by atoms with van der Waals surface area (Å²) in [5.41, 5.74) is 1.21. The first-order valence-electron chi connectivity index (χ1n) is 7.81. The zero-order valence-electron chi connectivity index (χ0n) is 13.7. The molecule has 0 atom stereocenters. The third kappa shape index (κ3) is 4.02. The van der Waals surface area contributed by atoms with Crippen LogP contribution in [0.15, 0.2) is 47.1 Å². The lowest BCUT2D eigenvalue weighted by Gasteiger charge is -2.05. The second-order valence-corrected chi connectivity index (χ2v) is 6.97. The van der Waals surface area contributed by atoms with Crippen molar-refractivity contribution in [2.45, 2.75) is 11.6 Å². The average Bonchev–Trinajstić information content (AvgIpc) is 3.29. The number of imidazole rings is 1. The minimum absolute atomic E-state index is 0.0777. The molecule has 6 nitrogen and oxygen atoms in total. The standard InChI is InChI=1S/C17H18N4O2S2/c1-24-17-20-14(12-6-2-3-10-21(12)17)16(23)19-9-5-8-18-15(22)13-7-4-11-25-13/h2-4,6-7,10-11H,5,8-9H2,1H3,(H,18,22)(H,19,23). The van der Waals surface area contributed by atoms with Gasteiger partial charge in [0.2, 0.25) is 0 Å². The van der Waals surface area contributed by atoms with E-state index in [0.29, 0.717) is 30.1 Å². The van der Waals surface area contributed by atoms with Crippen molar-refractivity contribution in [2.24, 2.45) is 0 Å². The van der Waals surface area contributed by atoms with Crippen molar-refractivity contribution in [1.29, 1.82) is 0 Å². The van der Waals surface area contributed by atoms with Crippen LogP contribution in [0, 0.1) is 0 Å². The van der Waals surface area contributed by atoms with Crippen LogP contribution in [-0.2, 0) is 0 Å². The van der Waals surface area contributed by atoms with Gasteiger partial charge in [-0.05, 0) is 36.3 Å². The molecule has 3 aromatic heterocycles. The molecule has 0 saturated heterocycles. The van der Waals surface area contributed by atoms with Crippen molar-refractivity contribution < 1.29 is 9.59 Å². The molecule has 0 aliphatic heterocycles. The van der Waals surface area contributed by atoms with E-state index in [-0.39, 0.29) is 11.8 Å². The lowest BCUT2D eigenvalue weighted by Crippen LogP contribution is -2.29. The van der Waals surface area contributed by atoms with Gasteiger partial charge in [0.1, 0.15) is 0 Å². The minimum atomic E-state index is -0.200. The number of thioether (sulfide) groups is 1. The first-order valence-corrected chi connectivity index (χ1v) is 9.92. The van der Waals surface area contributed by atoms with Crippen LogP contribution < -0.4 is 10.6 Å². The number of nitrogens with zero attached hydrogens (tertiary/aromatic N) is 2. The highest BCUT2D eigenvalue weighted by Gasteiger charge is 2.16. The predicted molar refractivity (Wildman–Crippen MR) is 101 cm³/mol. The summed E-state index contributed by atoms with van der Waals surface area (Å²) in [6.07, 6.45) is 4.48. The zero-order chi connectivity index (χ0) is 17.6. The van der Waals surface area contributed by atoms with Gasteiger partial charge in [-0.15, -0.1) is 11.3 Å². The molecule has 3 aromatic rings. The first-order chi connectivity index (χ1) is 12.2. The highest BCUT2D eigenvalue weighted by atomic mass is 32.2. The number of nitrogens with one attached hydrogen (secondary N) is 2. The maximum atomic E-state index is 12.4. The molecule has 0 aromatic carbocycles. The Kier molecular flexibility index (Phi) is 5.72. The number of carbonyl (C=O) groups excluding carboxylic acids is 2. The molecule has 0 saturated carbocycles. The van der Waals surface area contributed by atoms with E-state index < -0.39 is 0 Å². The smallest absolute Gasteiger partial charge is 0.272 e. The van der Waals surface area contributed by atoms with Gasteiger partial charge in [-0.2, -0.15) is 0 Å². The van der Waals surface area contributed by atoms with E-state index in [1.807, 2.05) is 46.5 Å². The summed E-state index contributed by atoms with van der Waals surface area (Å²) in [4.78, 5) is 29.3. The fraction of sp³-hybridized carbons (Fsp3) is 0.235. The molecular weight excluding hydrogens is 356 g/mol. The highest BCUT2D eigenvalue weighted by Crippen LogP contribution is 2.19. The highest BCUT2D eigenvalue weighted by molar-refractivity contribution is 7.98. The molecule has 0 fully saturated rings. The Bertz CT molecular complexity index is 874. The summed E-state index contributed by atoms with van der Waals surface area (Å²) in [5.74, 6) is -0.278. The van der Waals surface area contributed by atoms with Crippen LogP contribution in [0.2, 0.25) is 0 Å². The van der Waals surface area contributed by atoms with Gasteiger partial charge in [0.25, 0.3) is 11.8 Å². The number of hydrogen-bond donors (Lipinski definition) is 2. The van der Waals surface area contributed by atoms with Gasteiger partial charge in [-0.3, -0.25) is 14.0 Å². The van der Waals surface area contributed by atoms with Crippen LogP contribution in [0.25, 0.3) is 5.52 Å². The Balaban J connectivity index is 1.51. The quantitative estimate of drug-likeness (QED) is 0.492. The second-order valence-electron chi connectivity index (χ2n) is 5.25. The molecule has 3 heterocycles. The van der Waals surface area contributed by atoms with Crippen molar-refractivity contribution in [1.82, 2.24) is 20.0 Å². The van der Waals surface area contributed by atoms with E-state index in [1.54, 1.807) is 6.07 Å². The van der Waals surface area contributed by atoms with Crippen LogP contribution in [0.3, 0.4) is 0 Å². The van der Waals surface area contributed by atoms with Gasteiger partial charge in [-0.1, -0.05) is 23.9 Å². The Morgan fingerprint density at radius 3 is 2.68 bits per heavy atom. The molecule has 0 aliphatic carbocycles. The third-order valence-electron chi connectivity index (χ3n) is 3.58. The Morgan fingerprint density at radius 2 is 1.96 bits per heavy atom. The normalized spacial score (nSPS) is 10.8. The zero-order valence-corrected chi connectivity index (χ0v) is 15.3. The monoisotopic (exact) mass is 374 g/mol. The number of rotatable bonds is 7. The van der Waals surface area contributed by atoms with E-state index in [2.05, 4.69) is 15.6 Å². The molecule has 130 valence electrons. The molecule has 8 heteroatoms. The molecular formula is C17H18N4O2S2. The summed E-state index contributed by atoms with van der Waals surface area (Å²) in [7, 11) is 0.